The number of methoxy groups -OCH3 is 2. The molecule has 0 unspecified atom stereocenters. The Labute approximate surface area is 292 Å². The third-order valence-electron chi connectivity index (χ3n) is 9.61. The first-order chi connectivity index (χ1) is 23.9. The van der Waals surface area contributed by atoms with Crippen molar-refractivity contribution in [3.05, 3.63) is 94.6 Å². The summed E-state index contributed by atoms with van der Waals surface area (Å²) in [6.07, 6.45) is 5.06. The van der Waals surface area contributed by atoms with Crippen LogP contribution in [0, 0.1) is 0 Å². The molecule has 0 bridgehead atoms. The van der Waals surface area contributed by atoms with E-state index in [0.717, 1.165) is 27.8 Å². The van der Waals surface area contributed by atoms with Crippen molar-refractivity contribution < 1.29 is 28.5 Å². The van der Waals surface area contributed by atoms with Crippen LogP contribution in [0.4, 0.5) is 11.4 Å². The van der Waals surface area contributed by atoms with Crippen LogP contribution < -0.4 is 18.9 Å². The molecular formula is C40H42N4O6. The second-order valence-corrected chi connectivity index (χ2v) is 14.4. The number of nitrogens with zero attached hydrogens (tertiary/aromatic N) is 4. The Morgan fingerprint density at radius 1 is 0.680 bits per heavy atom. The van der Waals surface area contributed by atoms with Gasteiger partial charge in [-0.25, -0.2) is 0 Å². The maximum absolute atomic E-state index is 13.4. The summed E-state index contributed by atoms with van der Waals surface area (Å²) < 4.78 is 24.1. The average Bonchev–Trinajstić information content (AvgIpc) is 3.60. The molecular weight excluding hydrogens is 632 g/mol. The smallest absolute Gasteiger partial charge is 0.257 e. The van der Waals surface area contributed by atoms with Gasteiger partial charge in [-0.05, 0) is 53.1 Å². The number of hydrogen-bond acceptors (Lipinski definition) is 8. The second kappa shape index (κ2) is 12.8. The molecule has 3 aromatic carbocycles. The third-order valence-corrected chi connectivity index (χ3v) is 9.61. The third kappa shape index (κ3) is 6.26. The molecule has 0 spiro atoms. The van der Waals surface area contributed by atoms with Gasteiger partial charge < -0.3 is 28.7 Å². The van der Waals surface area contributed by atoms with Crippen LogP contribution >= 0.6 is 0 Å². The van der Waals surface area contributed by atoms with Crippen LogP contribution in [0.15, 0.2) is 76.8 Å². The number of benzene rings is 3. The van der Waals surface area contributed by atoms with Crippen molar-refractivity contribution >= 4 is 35.6 Å². The van der Waals surface area contributed by atoms with E-state index < -0.39 is 0 Å². The molecule has 3 aromatic rings. The summed E-state index contributed by atoms with van der Waals surface area (Å²) in [6, 6.07) is 13.1. The maximum atomic E-state index is 13.4. The number of amides is 2. The van der Waals surface area contributed by atoms with E-state index in [1.807, 2.05) is 18.5 Å². The fraction of sp³-hybridized carbons (Fsp3) is 0.350. The lowest BCUT2D eigenvalue weighted by atomic mass is 9.85. The molecule has 10 nitrogen and oxygen atoms in total. The predicted octanol–water partition coefficient (Wildman–Crippen LogP) is 7.13. The average molecular weight is 675 g/mol. The summed E-state index contributed by atoms with van der Waals surface area (Å²) >= 11 is 0. The monoisotopic (exact) mass is 674 g/mol. The van der Waals surface area contributed by atoms with Gasteiger partial charge in [0.1, 0.15) is 13.2 Å². The summed E-state index contributed by atoms with van der Waals surface area (Å²) in [6.45, 7) is 16.2. The molecule has 4 heterocycles. The quantitative estimate of drug-likeness (QED) is 0.236. The molecule has 2 fully saturated rings. The maximum Gasteiger partial charge on any atom is 0.257 e. The molecule has 7 rings (SSSR count). The van der Waals surface area contributed by atoms with Gasteiger partial charge in [0, 0.05) is 37.7 Å². The molecule has 0 aliphatic carbocycles. The topological polar surface area (TPSA) is 102 Å². The van der Waals surface area contributed by atoms with E-state index in [9.17, 15) is 9.59 Å². The summed E-state index contributed by atoms with van der Waals surface area (Å²) in [7, 11) is 3.13. The zero-order chi connectivity index (χ0) is 35.3. The van der Waals surface area contributed by atoms with Gasteiger partial charge in [-0.2, -0.15) is 0 Å². The zero-order valence-corrected chi connectivity index (χ0v) is 29.2. The highest BCUT2D eigenvalue weighted by Gasteiger charge is 2.35. The van der Waals surface area contributed by atoms with Gasteiger partial charge in [0.25, 0.3) is 11.8 Å². The Balaban J connectivity index is 1.13. The largest absolute Gasteiger partial charge is 0.493 e. The van der Waals surface area contributed by atoms with Crippen LogP contribution in [0.3, 0.4) is 0 Å². The van der Waals surface area contributed by atoms with Gasteiger partial charge in [0.2, 0.25) is 0 Å². The first kappa shape index (κ1) is 33.1. The Kier molecular flexibility index (Phi) is 8.49. The first-order valence-corrected chi connectivity index (χ1v) is 16.8. The molecule has 4 aliphatic rings. The number of carbonyl (C=O) groups excluding carboxylic acids is 2. The van der Waals surface area contributed by atoms with Crippen molar-refractivity contribution in [3.8, 4) is 23.0 Å². The molecule has 258 valence electrons. The first-order valence-electron chi connectivity index (χ1n) is 16.8. The minimum absolute atomic E-state index is 0.0929. The van der Waals surface area contributed by atoms with E-state index in [-0.39, 0.29) is 42.5 Å². The fourth-order valence-corrected chi connectivity index (χ4v) is 6.89. The second-order valence-electron chi connectivity index (χ2n) is 14.4. The van der Waals surface area contributed by atoms with Crippen molar-refractivity contribution in [1.29, 1.82) is 0 Å². The van der Waals surface area contributed by atoms with Crippen LogP contribution in [-0.4, -0.2) is 73.4 Å². The van der Waals surface area contributed by atoms with Crippen LogP contribution in [-0.2, 0) is 18.6 Å². The molecule has 0 N–H and O–H groups in total. The van der Waals surface area contributed by atoms with E-state index in [4.69, 9.17) is 18.9 Å². The standard InChI is InChI=1S/C40H42N4O6/c1-23-8-28-17-41-32-15-36(34(47-6)13-30(32)38(45)43(28)19-23)49-21-25-10-26(12-27(11-25)40(3,4)5)22-50-37-16-33-31(14-35(37)48-7)39(46)44-20-24(2)9-29(44)18-42-33/h10-18,28-29H,1-2,8-9,19-22H2,3-7H3/t28-,29-/m0/s1. The van der Waals surface area contributed by atoms with E-state index in [2.05, 4.69) is 56.0 Å². The summed E-state index contributed by atoms with van der Waals surface area (Å²) in [5, 5.41) is 0. The van der Waals surface area contributed by atoms with E-state index >= 15 is 0 Å². The zero-order valence-electron chi connectivity index (χ0n) is 29.2. The number of fused-ring (bicyclic) bond motifs is 4. The molecule has 0 radical (unpaired) electrons. The molecule has 4 aliphatic heterocycles. The van der Waals surface area contributed by atoms with Gasteiger partial charge in [0.15, 0.2) is 23.0 Å². The molecule has 2 amide bonds. The normalized spacial score (nSPS) is 19.5. The van der Waals surface area contributed by atoms with E-state index in [1.54, 1.807) is 48.3 Å². The van der Waals surface area contributed by atoms with Gasteiger partial charge in [-0.3, -0.25) is 19.6 Å². The molecule has 0 aromatic heterocycles. The van der Waals surface area contributed by atoms with Crippen LogP contribution in [0.1, 0.15) is 71.0 Å². The van der Waals surface area contributed by atoms with Crippen molar-refractivity contribution in [3.63, 3.8) is 0 Å². The summed E-state index contributed by atoms with van der Waals surface area (Å²) in [4.78, 5) is 39.7. The molecule has 2 atom stereocenters. The summed E-state index contributed by atoms with van der Waals surface area (Å²) in [5.41, 5.74) is 6.95. The fourth-order valence-electron chi connectivity index (χ4n) is 6.89. The Bertz CT molecular complexity index is 1860. The molecule has 50 heavy (non-hydrogen) atoms. The Morgan fingerprint density at radius 3 is 1.52 bits per heavy atom. The highest BCUT2D eigenvalue weighted by Crippen LogP contribution is 2.41. The lowest BCUT2D eigenvalue weighted by Gasteiger charge is -2.22. The van der Waals surface area contributed by atoms with Crippen LogP contribution in [0.25, 0.3) is 0 Å². The van der Waals surface area contributed by atoms with Gasteiger partial charge in [-0.1, -0.05) is 57.2 Å². The number of ether oxygens (including phenoxy) is 4. The van der Waals surface area contributed by atoms with Crippen molar-refractivity contribution in [1.82, 2.24) is 9.80 Å². The molecule has 0 saturated carbocycles. The van der Waals surface area contributed by atoms with E-state index in [1.165, 1.54) is 0 Å². The minimum Gasteiger partial charge on any atom is -0.493 e. The molecule has 2 saturated heterocycles. The lowest BCUT2D eigenvalue weighted by Crippen LogP contribution is -2.35. The number of rotatable bonds is 8. The van der Waals surface area contributed by atoms with Crippen LogP contribution in [0.2, 0.25) is 0 Å². The minimum atomic E-state index is -0.143. The van der Waals surface area contributed by atoms with E-state index in [0.29, 0.717) is 71.4 Å². The predicted molar refractivity (Wildman–Crippen MR) is 193 cm³/mol. The van der Waals surface area contributed by atoms with Crippen LogP contribution in [0.5, 0.6) is 23.0 Å². The number of aliphatic imine (C=N–C) groups is 2. The lowest BCUT2D eigenvalue weighted by molar-refractivity contribution is 0.0769. The Morgan fingerprint density at radius 2 is 1.12 bits per heavy atom. The SMILES string of the molecule is C=C1C[C@H]2C=Nc3cc(OCc4cc(COc5cc6c(cc5OC)C(=O)N5CC(=C)C[C@H]5C=N6)cc(C(C)(C)C)c4)c(OC)cc3C(=O)N2C1. The van der Waals surface area contributed by atoms with Gasteiger partial charge in [-0.15, -0.1) is 0 Å². The highest BCUT2D eigenvalue weighted by molar-refractivity contribution is 6.04. The highest BCUT2D eigenvalue weighted by atomic mass is 16.5. The summed E-state index contributed by atoms with van der Waals surface area (Å²) in [5.74, 6) is 1.73. The van der Waals surface area contributed by atoms with Crippen molar-refractivity contribution in [2.45, 2.75) is 64.3 Å². The van der Waals surface area contributed by atoms with Crippen molar-refractivity contribution in [2.75, 3.05) is 27.3 Å². The van der Waals surface area contributed by atoms with Crippen molar-refractivity contribution in [2.24, 2.45) is 9.98 Å². The number of hydrogen-bond donors (Lipinski definition) is 0. The van der Waals surface area contributed by atoms with Gasteiger partial charge >= 0.3 is 0 Å². The molecule has 10 heteroatoms. The number of carbonyl (C=O) groups is 2. The Hall–Kier alpha value is -5.38. The van der Waals surface area contributed by atoms with Gasteiger partial charge in [0.05, 0.1) is 48.8 Å².